The maximum Gasteiger partial charge on any atom is 0.303 e. The van der Waals surface area contributed by atoms with Crippen molar-refractivity contribution in [3.63, 3.8) is 0 Å². The van der Waals surface area contributed by atoms with Crippen LogP contribution in [0.1, 0.15) is 51.4 Å². The van der Waals surface area contributed by atoms with Gasteiger partial charge in [0.05, 0.1) is 0 Å². The minimum absolute atomic E-state index is 0.169. The molecule has 0 aliphatic carbocycles. The van der Waals surface area contributed by atoms with Crippen molar-refractivity contribution in [2.24, 2.45) is 5.73 Å². The van der Waals surface area contributed by atoms with Crippen LogP contribution in [-0.4, -0.2) is 53.2 Å². The lowest BCUT2D eigenvalue weighted by molar-refractivity contribution is -0.138. The number of nitrogens with two attached hydrogens (primary N) is 1. The second-order valence-electron chi connectivity index (χ2n) is 5.04. The lowest BCUT2D eigenvalue weighted by Crippen LogP contribution is -2.28. The average Bonchev–Trinajstić information content (AvgIpc) is 2.37. The van der Waals surface area contributed by atoms with E-state index in [2.05, 4.69) is 4.90 Å². The maximum atomic E-state index is 10.5. The molecule has 0 aromatic heterocycles. The van der Waals surface area contributed by atoms with Crippen LogP contribution in [0.4, 0.5) is 0 Å². The van der Waals surface area contributed by atoms with Gasteiger partial charge in [0.15, 0.2) is 0 Å². The second-order valence-corrected chi connectivity index (χ2v) is 5.04. The van der Waals surface area contributed by atoms with Gasteiger partial charge in [0.25, 0.3) is 0 Å². The molecule has 0 aromatic carbocycles. The Labute approximate surface area is 120 Å². The number of nitrogens with zero attached hydrogens (tertiary/aromatic N) is 1. The van der Waals surface area contributed by atoms with Crippen LogP contribution in [0.5, 0.6) is 0 Å². The van der Waals surface area contributed by atoms with Crippen LogP contribution in [0.2, 0.25) is 0 Å². The van der Waals surface area contributed by atoms with Gasteiger partial charge >= 0.3 is 11.9 Å². The molecule has 6 heteroatoms. The lowest BCUT2D eigenvalue weighted by atomic mass is 10.1. The van der Waals surface area contributed by atoms with Crippen LogP contribution in [0.15, 0.2) is 0 Å². The van der Waals surface area contributed by atoms with Crippen molar-refractivity contribution >= 4 is 11.9 Å². The maximum absolute atomic E-state index is 10.5. The average molecular weight is 288 g/mol. The Morgan fingerprint density at radius 3 is 1.65 bits per heavy atom. The van der Waals surface area contributed by atoms with Gasteiger partial charge in [-0.05, 0) is 51.9 Å². The van der Waals surface area contributed by atoms with Gasteiger partial charge in [-0.2, -0.15) is 0 Å². The Balaban J connectivity index is 3.84. The van der Waals surface area contributed by atoms with E-state index in [1.807, 2.05) is 0 Å². The molecular formula is C14H28N2O4. The molecule has 0 heterocycles. The quantitative estimate of drug-likeness (QED) is 0.419. The van der Waals surface area contributed by atoms with Gasteiger partial charge in [0.2, 0.25) is 0 Å². The van der Waals surface area contributed by atoms with Crippen LogP contribution < -0.4 is 5.73 Å². The van der Waals surface area contributed by atoms with E-state index < -0.39 is 11.9 Å². The van der Waals surface area contributed by atoms with Crippen molar-refractivity contribution in [1.29, 1.82) is 0 Å². The zero-order valence-corrected chi connectivity index (χ0v) is 12.2. The number of hydrogen-bond donors (Lipinski definition) is 3. The van der Waals surface area contributed by atoms with E-state index in [1.165, 1.54) is 0 Å². The van der Waals surface area contributed by atoms with Gasteiger partial charge in [-0.25, -0.2) is 0 Å². The molecule has 0 saturated carbocycles. The normalized spacial score (nSPS) is 10.9. The molecule has 0 amide bonds. The number of aliphatic carboxylic acids is 2. The van der Waals surface area contributed by atoms with E-state index in [9.17, 15) is 9.59 Å². The molecule has 0 aliphatic heterocycles. The molecule has 0 spiro atoms. The Hall–Kier alpha value is -1.14. The fourth-order valence-corrected chi connectivity index (χ4v) is 2.08. The minimum Gasteiger partial charge on any atom is -0.481 e. The summed E-state index contributed by atoms with van der Waals surface area (Å²) in [5.41, 5.74) is 5.44. The Morgan fingerprint density at radius 2 is 1.20 bits per heavy atom. The first-order valence-electron chi connectivity index (χ1n) is 7.42. The molecule has 0 unspecified atom stereocenters. The van der Waals surface area contributed by atoms with Crippen LogP contribution in [-0.2, 0) is 9.59 Å². The van der Waals surface area contributed by atoms with Crippen LogP contribution >= 0.6 is 0 Å². The molecule has 0 saturated heterocycles. The summed E-state index contributed by atoms with van der Waals surface area (Å²) in [5.74, 6) is -1.56. The van der Waals surface area contributed by atoms with E-state index in [4.69, 9.17) is 15.9 Å². The van der Waals surface area contributed by atoms with Crippen molar-refractivity contribution < 1.29 is 19.8 Å². The van der Waals surface area contributed by atoms with E-state index in [0.717, 1.165) is 51.9 Å². The minimum atomic E-state index is -0.779. The van der Waals surface area contributed by atoms with Crippen molar-refractivity contribution in [1.82, 2.24) is 4.90 Å². The van der Waals surface area contributed by atoms with Gasteiger partial charge < -0.3 is 20.8 Å². The third-order valence-electron chi connectivity index (χ3n) is 3.16. The van der Waals surface area contributed by atoms with Crippen molar-refractivity contribution in [2.45, 2.75) is 51.4 Å². The predicted molar refractivity (Wildman–Crippen MR) is 77.7 cm³/mol. The SMILES string of the molecule is NCCCCCCN(CCCC(=O)O)CCCC(=O)O. The van der Waals surface area contributed by atoms with Crippen LogP contribution in [0.3, 0.4) is 0 Å². The van der Waals surface area contributed by atoms with Crippen molar-refractivity contribution in [3.05, 3.63) is 0 Å². The molecule has 0 fully saturated rings. The fraction of sp³-hybridized carbons (Fsp3) is 0.857. The summed E-state index contributed by atoms with van der Waals surface area (Å²) in [7, 11) is 0. The smallest absolute Gasteiger partial charge is 0.303 e. The molecule has 0 aromatic rings. The molecule has 0 bridgehead atoms. The van der Waals surface area contributed by atoms with Gasteiger partial charge in [-0.1, -0.05) is 12.8 Å². The Morgan fingerprint density at radius 1 is 0.750 bits per heavy atom. The predicted octanol–water partition coefficient (Wildman–Crippen LogP) is 1.54. The number of carboxylic acids is 2. The third kappa shape index (κ3) is 13.3. The summed E-state index contributed by atoms with van der Waals surface area (Å²) < 4.78 is 0. The molecule has 0 rings (SSSR count). The highest BCUT2D eigenvalue weighted by Crippen LogP contribution is 2.05. The van der Waals surface area contributed by atoms with E-state index in [0.29, 0.717) is 12.8 Å². The zero-order valence-electron chi connectivity index (χ0n) is 12.2. The summed E-state index contributed by atoms with van der Waals surface area (Å²) in [6, 6.07) is 0. The van der Waals surface area contributed by atoms with Gasteiger partial charge in [-0.3, -0.25) is 9.59 Å². The zero-order chi connectivity index (χ0) is 15.2. The van der Waals surface area contributed by atoms with E-state index in [1.54, 1.807) is 0 Å². The summed E-state index contributed by atoms with van der Waals surface area (Å²) in [5, 5.41) is 17.3. The monoisotopic (exact) mass is 288 g/mol. The number of hydrogen-bond acceptors (Lipinski definition) is 4. The Kier molecular flexibility index (Phi) is 12.1. The Bertz CT molecular complexity index is 252. The summed E-state index contributed by atoms with van der Waals surface area (Å²) in [6.07, 6.45) is 5.90. The largest absolute Gasteiger partial charge is 0.481 e. The van der Waals surface area contributed by atoms with Crippen molar-refractivity contribution in [2.75, 3.05) is 26.2 Å². The summed E-state index contributed by atoms with van der Waals surface area (Å²) in [6.45, 7) is 3.08. The number of carboxylic acid groups (broad SMARTS) is 2. The molecule has 0 aliphatic rings. The van der Waals surface area contributed by atoms with Crippen LogP contribution in [0, 0.1) is 0 Å². The van der Waals surface area contributed by atoms with Gasteiger partial charge in [0.1, 0.15) is 0 Å². The molecule has 118 valence electrons. The standard InChI is InChI=1S/C14H28N2O4/c15-9-3-1-2-4-10-16(11-5-7-13(17)18)12-6-8-14(19)20/h1-12,15H2,(H,17,18)(H,19,20). The summed E-state index contributed by atoms with van der Waals surface area (Å²) in [4.78, 5) is 23.2. The number of unbranched alkanes of at least 4 members (excludes halogenated alkanes) is 3. The lowest BCUT2D eigenvalue weighted by Gasteiger charge is -2.21. The molecule has 6 nitrogen and oxygen atoms in total. The van der Waals surface area contributed by atoms with Gasteiger partial charge in [0, 0.05) is 12.8 Å². The molecule has 20 heavy (non-hydrogen) atoms. The first-order valence-corrected chi connectivity index (χ1v) is 7.42. The number of carbonyl (C=O) groups is 2. The van der Waals surface area contributed by atoms with E-state index in [-0.39, 0.29) is 12.8 Å². The van der Waals surface area contributed by atoms with Crippen LogP contribution in [0.25, 0.3) is 0 Å². The molecule has 4 N–H and O–H groups in total. The first-order chi connectivity index (χ1) is 9.56. The van der Waals surface area contributed by atoms with Gasteiger partial charge in [-0.15, -0.1) is 0 Å². The second kappa shape index (κ2) is 12.9. The van der Waals surface area contributed by atoms with Crippen molar-refractivity contribution in [3.8, 4) is 0 Å². The van der Waals surface area contributed by atoms with E-state index >= 15 is 0 Å². The molecule has 0 radical (unpaired) electrons. The fourth-order valence-electron chi connectivity index (χ4n) is 2.08. The highest BCUT2D eigenvalue weighted by atomic mass is 16.4. The first kappa shape index (κ1) is 18.9. The third-order valence-corrected chi connectivity index (χ3v) is 3.16. The number of rotatable bonds is 14. The molecule has 0 atom stereocenters. The summed E-state index contributed by atoms with van der Waals surface area (Å²) >= 11 is 0. The highest BCUT2D eigenvalue weighted by Gasteiger charge is 2.07. The highest BCUT2D eigenvalue weighted by molar-refractivity contribution is 5.66. The molecular weight excluding hydrogens is 260 g/mol. The topological polar surface area (TPSA) is 104 Å².